The Morgan fingerprint density at radius 3 is 2.26 bits per heavy atom. The summed E-state index contributed by atoms with van der Waals surface area (Å²) in [5.41, 5.74) is 0.750. The summed E-state index contributed by atoms with van der Waals surface area (Å²) >= 11 is 5.84. The molecule has 1 N–H and O–H groups in total. The summed E-state index contributed by atoms with van der Waals surface area (Å²) in [6.07, 6.45) is -0.869. The minimum Gasteiger partial charge on any atom is -0.455 e. The number of hydrogen-bond donors (Lipinski definition) is 1. The summed E-state index contributed by atoms with van der Waals surface area (Å²) in [5, 5.41) is 2.52. The van der Waals surface area contributed by atoms with Crippen molar-refractivity contribution in [2.75, 3.05) is 13.2 Å². The standard InChI is InChI=1S/C16H20ClNO5/c1-4-22-16(21)18-13(19)9-23-15(20)14(10(2)3)11-5-7-12(17)8-6-11/h5-8,10,14H,4,9H2,1-3H3,(H,18,19,21)/t14-/m0/s1. The fraction of sp³-hybridized carbons (Fsp3) is 0.438. The van der Waals surface area contributed by atoms with Gasteiger partial charge in [0.05, 0.1) is 12.5 Å². The van der Waals surface area contributed by atoms with Gasteiger partial charge in [-0.05, 0) is 30.5 Å². The van der Waals surface area contributed by atoms with E-state index in [1.54, 1.807) is 31.2 Å². The molecule has 2 amide bonds. The van der Waals surface area contributed by atoms with Gasteiger partial charge in [-0.15, -0.1) is 0 Å². The molecule has 0 spiro atoms. The highest BCUT2D eigenvalue weighted by Gasteiger charge is 2.26. The van der Waals surface area contributed by atoms with Crippen LogP contribution in [0.3, 0.4) is 0 Å². The average Bonchev–Trinajstić information content (AvgIpc) is 2.47. The quantitative estimate of drug-likeness (QED) is 0.804. The summed E-state index contributed by atoms with van der Waals surface area (Å²) in [6.45, 7) is 4.96. The van der Waals surface area contributed by atoms with Gasteiger partial charge in [0.15, 0.2) is 6.61 Å². The Balaban J connectivity index is 2.64. The lowest BCUT2D eigenvalue weighted by Gasteiger charge is -2.19. The molecule has 0 radical (unpaired) electrons. The van der Waals surface area contributed by atoms with Crippen LogP contribution in [0.25, 0.3) is 0 Å². The molecule has 0 aliphatic carbocycles. The molecule has 0 bridgehead atoms. The van der Waals surface area contributed by atoms with Crippen LogP contribution in [0.2, 0.25) is 5.02 Å². The van der Waals surface area contributed by atoms with E-state index >= 15 is 0 Å². The maximum absolute atomic E-state index is 12.2. The number of ether oxygens (including phenoxy) is 2. The fourth-order valence-corrected chi connectivity index (χ4v) is 2.13. The van der Waals surface area contributed by atoms with Crippen LogP contribution in [0.1, 0.15) is 32.3 Å². The lowest BCUT2D eigenvalue weighted by molar-refractivity contribution is -0.150. The third-order valence-corrected chi connectivity index (χ3v) is 3.26. The number of nitrogens with one attached hydrogen (secondary N) is 1. The van der Waals surface area contributed by atoms with Gasteiger partial charge in [-0.25, -0.2) is 4.79 Å². The summed E-state index contributed by atoms with van der Waals surface area (Å²) < 4.78 is 9.56. The van der Waals surface area contributed by atoms with Crippen molar-refractivity contribution < 1.29 is 23.9 Å². The highest BCUT2D eigenvalue weighted by Crippen LogP contribution is 2.27. The largest absolute Gasteiger partial charge is 0.455 e. The Kier molecular flexibility index (Phi) is 7.54. The number of hydrogen-bond acceptors (Lipinski definition) is 5. The molecule has 0 aliphatic heterocycles. The Morgan fingerprint density at radius 2 is 1.74 bits per heavy atom. The van der Waals surface area contributed by atoms with Crippen molar-refractivity contribution in [2.45, 2.75) is 26.7 Å². The molecule has 0 saturated carbocycles. The van der Waals surface area contributed by atoms with Crippen LogP contribution in [0.15, 0.2) is 24.3 Å². The molecule has 1 atom stereocenters. The normalized spacial score (nSPS) is 11.7. The van der Waals surface area contributed by atoms with Crippen LogP contribution in [-0.4, -0.2) is 31.2 Å². The summed E-state index contributed by atoms with van der Waals surface area (Å²) in [7, 11) is 0. The Hall–Kier alpha value is -2.08. The number of alkyl carbamates (subject to hydrolysis) is 1. The van der Waals surface area contributed by atoms with E-state index in [1.165, 1.54) is 0 Å². The van der Waals surface area contributed by atoms with Gasteiger partial charge in [0, 0.05) is 5.02 Å². The average molecular weight is 342 g/mol. The zero-order chi connectivity index (χ0) is 17.4. The third kappa shape index (κ3) is 6.28. The van der Waals surface area contributed by atoms with Crippen molar-refractivity contribution in [2.24, 2.45) is 5.92 Å². The van der Waals surface area contributed by atoms with Crippen LogP contribution in [-0.2, 0) is 19.1 Å². The van der Waals surface area contributed by atoms with Gasteiger partial charge in [-0.1, -0.05) is 37.6 Å². The lowest BCUT2D eigenvalue weighted by Crippen LogP contribution is -2.35. The van der Waals surface area contributed by atoms with Crippen molar-refractivity contribution in [1.82, 2.24) is 5.32 Å². The molecule has 0 fully saturated rings. The maximum atomic E-state index is 12.2. The van der Waals surface area contributed by atoms with Gasteiger partial charge in [0.2, 0.25) is 0 Å². The molecule has 6 nitrogen and oxygen atoms in total. The number of benzene rings is 1. The molecular formula is C16H20ClNO5. The first-order valence-electron chi connectivity index (χ1n) is 7.23. The van der Waals surface area contributed by atoms with Crippen molar-refractivity contribution in [3.8, 4) is 0 Å². The van der Waals surface area contributed by atoms with E-state index in [0.717, 1.165) is 5.56 Å². The van der Waals surface area contributed by atoms with Gasteiger partial charge in [-0.3, -0.25) is 14.9 Å². The molecule has 0 heterocycles. The molecule has 126 valence electrons. The highest BCUT2D eigenvalue weighted by atomic mass is 35.5. The molecular weight excluding hydrogens is 322 g/mol. The van der Waals surface area contributed by atoms with Crippen molar-refractivity contribution in [3.05, 3.63) is 34.9 Å². The topological polar surface area (TPSA) is 81.7 Å². The summed E-state index contributed by atoms with van der Waals surface area (Å²) in [5.74, 6) is -1.84. The first kappa shape index (κ1) is 19.0. The molecule has 0 aliphatic rings. The van der Waals surface area contributed by atoms with Crippen molar-refractivity contribution in [3.63, 3.8) is 0 Å². The molecule has 0 saturated heterocycles. The monoisotopic (exact) mass is 341 g/mol. The molecule has 1 rings (SSSR count). The molecule has 1 aromatic rings. The zero-order valence-corrected chi connectivity index (χ0v) is 14.1. The summed E-state index contributed by atoms with van der Waals surface area (Å²) in [4.78, 5) is 34.8. The van der Waals surface area contributed by atoms with E-state index in [0.29, 0.717) is 5.02 Å². The smallest absolute Gasteiger partial charge is 0.413 e. The highest BCUT2D eigenvalue weighted by molar-refractivity contribution is 6.30. The molecule has 0 aromatic heterocycles. The van der Waals surface area contributed by atoms with E-state index in [4.69, 9.17) is 16.3 Å². The fourth-order valence-electron chi connectivity index (χ4n) is 2.01. The van der Waals surface area contributed by atoms with Gasteiger partial charge >= 0.3 is 12.1 Å². The van der Waals surface area contributed by atoms with Crippen molar-refractivity contribution >= 4 is 29.6 Å². The first-order valence-corrected chi connectivity index (χ1v) is 7.61. The third-order valence-electron chi connectivity index (χ3n) is 3.01. The van der Waals surface area contributed by atoms with Gasteiger partial charge in [0.25, 0.3) is 5.91 Å². The molecule has 0 unspecified atom stereocenters. The number of carbonyl (C=O) groups is 3. The lowest BCUT2D eigenvalue weighted by atomic mass is 9.88. The minimum absolute atomic E-state index is 0.0307. The number of amides is 2. The first-order chi connectivity index (χ1) is 10.8. The predicted molar refractivity (Wildman–Crippen MR) is 85.2 cm³/mol. The number of imide groups is 1. The van der Waals surface area contributed by atoms with Gasteiger partial charge in [0.1, 0.15) is 0 Å². The van der Waals surface area contributed by atoms with Crippen LogP contribution in [0.4, 0.5) is 4.79 Å². The van der Waals surface area contributed by atoms with Crippen molar-refractivity contribution in [1.29, 1.82) is 0 Å². The van der Waals surface area contributed by atoms with Gasteiger partial charge in [-0.2, -0.15) is 0 Å². The Bertz CT molecular complexity index is 556. The summed E-state index contributed by atoms with van der Waals surface area (Å²) in [6, 6.07) is 6.86. The van der Waals surface area contributed by atoms with E-state index in [1.807, 2.05) is 19.2 Å². The second-order valence-electron chi connectivity index (χ2n) is 5.15. The maximum Gasteiger partial charge on any atom is 0.413 e. The van der Waals surface area contributed by atoms with E-state index in [2.05, 4.69) is 4.74 Å². The zero-order valence-electron chi connectivity index (χ0n) is 13.3. The molecule has 7 heteroatoms. The SMILES string of the molecule is CCOC(=O)NC(=O)COC(=O)[C@H](c1ccc(Cl)cc1)C(C)C. The number of rotatable bonds is 6. The van der Waals surface area contributed by atoms with Crippen LogP contribution in [0.5, 0.6) is 0 Å². The van der Waals surface area contributed by atoms with E-state index in [-0.39, 0.29) is 12.5 Å². The number of halogens is 1. The second-order valence-corrected chi connectivity index (χ2v) is 5.59. The number of esters is 1. The van der Waals surface area contributed by atoms with Gasteiger partial charge < -0.3 is 9.47 Å². The van der Waals surface area contributed by atoms with E-state index in [9.17, 15) is 14.4 Å². The Labute approximate surface area is 140 Å². The second kappa shape index (κ2) is 9.15. The minimum atomic E-state index is -0.869. The Morgan fingerprint density at radius 1 is 1.13 bits per heavy atom. The predicted octanol–water partition coefficient (Wildman–Crippen LogP) is 2.90. The van der Waals surface area contributed by atoms with Crippen LogP contribution < -0.4 is 5.32 Å². The molecule has 1 aromatic carbocycles. The molecule has 23 heavy (non-hydrogen) atoms. The van der Waals surface area contributed by atoms with Crippen LogP contribution >= 0.6 is 11.6 Å². The van der Waals surface area contributed by atoms with E-state index < -0.39 is 30.5 Å². The van der Waals surface area contributed by atoms with Crippen LogP contribution in [0, 0.1) is 5.92 Å². The number of carbonyl (C=O) groups excluding carboxylic acids is 3.